The quantitative estimate of drug-likeness (QED) is 0.551. The highest BCUT2D eigenvalue weighted by Crippen LogP contribution is 2.11. The molecule has 0 spiro atoms. The molecule has 0 aromatic heterocycles. The number of carbonyl (C=O) groups is 3. The van der Waals surface area contributed by atoms with E-state index in [2.05, 4.69) is 5.32 Å². The molecule has 2 rings (SSSR count). The second kappa shape index (κ2) is 9.87. The summed E-state index contributed by atoms with van der Waals surface area (Å²) in [5.74, 6) is -1.65. The van der Waals surface area contributed by atoms with Crippen LogP contribution in [0.2, 0.25) is 0 Å². The van der Waals surface area contributed by atoms with Gasteiger partial charge in [0.1, 0.15) is 5.82 Å². The number of hydrogen-bond acceptors (Lipinski definition) is 5. The third-order valence-electron chi connectivity index (χ3n) is 3.59. The third kappa shape index (κ3) is 6.86. The highest BCUT2D eigenvalue weighted by molar-refractivity contribution is 8.00. The van der Waals surface area contributed by atoms with E-state index in [4.69, 9.17) is 4.74 Å². The zero-order valence-corrected chi connectivity index (χ0v) is 15.8. The Balaban J connectivity index is 1.72. The van der Waals surface area contributed by atoms with Crippen molar-refractivity contribution < 1.29 is 23.5 Å². The Hall–Kier alpha value is -2.67. The van der Waals surface area contributed by atoms with Crippen molar-refractivity contribution in [3.8, 4) is 0 Å². The predicted octanol–water partition coefficient (Wildman–Crippen LogP) is 3.62. The summed E-state index contributed by atoms with van der Waals surface area (Å²) in [4.78, 5) is 35.8. The van der Waals surface area contributed by atoms with Crippen molar-refractivity contribution in [2.24, 2.45) is 0 Å². The molecule has 0 fully saturated rings. The number of rotatable bonds is 8. The van der Waals surface area contributed by atoms with E-state index in [9.17, 15) is 18.8 Å². The maximum absolute atomic E-state index is 12.9. The molecule has 142 valence electrons. The summed E-state index contributed by atoms with van der Waals surface area (Å²) < 4.78 is 18.0. The van der Waals surface area contributed by atoms with Crippen molar-refractivity contribution in [2.75, 3.05) is 16.8 Å². The van der Waals surface area contributed by atoms with Crippen molar-refractivity contribution in [2.45, 2.75) is 20.0 Å². The first-order valence-electron chi connectivity index (χ1n) is 8.28. The Morgan fingerprint density at radius 2 is 1.67 bits per heavy atom. The van der Waals surface area contributed by atoms with Crippen LogP contribution in [-0.4, -0.2) is 35.3 Å². The van der Waals surface area contributed by atoms with E-state index in [0.717, 1.165) is 17.3 Å². The number of esters is 1. The number of carbonyl (C=O) groups excluding carboxylic acids is 3. The summed E-state index contributed by atoms with van der Waals surface area (Å²) in [6, 6.07) is 12.4. The van der Waals surface area contributed by atoms with Gasteiger partial charge in [-0.2, -0.15) is 0 Å². The summed E-state index contributed by atoms with van der Waals surface area (Å²) >= 11 is 1.10. The Morgan fingerprint density at radius 1 is 1.04 bits per heavy atom. The van der Waals surface area contributed by atoms with Crippen molar-refractivity contribution in [3.63, 3.8) is 0 Å². The molecule has 1 N–H and O–H groups in total. The molecule has 0 aliphatic carbocycles. The van der Waals surface area contributed by atoms with Crippen LogP contribution < -0.4 is 5.32 Å². The fourth-order valence-corrected chi connectivity index (χ4v) is 2.79. The largest absolute Gasteiger partial charge is 0.454 e. The van der Waals surface area contributed by atoms with Crippen LogP contribution in [0, 0.1) is 12.7 Å². The van der Waals surface area contributed by atoms with Crippen LogP contribution in [0.5, 0.6) is 0 Å². The van der Waals surface area contributed by atoms with Crippen LogP contribution in [0.1, 0.15) is 22.8 Å². The molecule has 0 aliphatic rings. The van der Waals surface area contributed by atoms with Crippen LogP contribution in [0.15, 0.2) is 48.5 Å². The fourth-order valence-electron chi connectivity index (χ4n) is 2.19. The molecule has 0 aliphatic heterocycles. The van der Waals surface area contributed by atoms with E-state index < -0.39 is 23.7 Å². The van der Waals surface area contributed by atoms with Gasteiger partial charge in [-0.1, -0.05) is 17.7 Å². The van der Waals surface area contributed by atoms with Gasteiger partial charge in [0.25, 0.3) is 0 Å². The van der Waals surface area contributed by atoms with Gasteiger partial charge in [0.15, 0.2) is 6.10 Å². The first-order valence-corrected chi connectivity index (χ1v) is 9.44. The Kier molecular flexibility index (Phi) is 7.55. The molecule has 0 saturated carbocycles. The summed E-state index contributed by atoms with van der Waals surface area (Å²) in [5.41, 5.74) is 2.04. The van der Waals surface area contributed by atoms with Gasteiger partial charge in [-0.05, 0) is 50.2 Å². The molecule has 1 atom stereocenters. The Labute approximate surface area is 161 Å². The predicted molar refractivity (Wildman–Crippen MR) is 103 cm³/mol. The molecule has 2 aromatic carbocycles. The average Bonchev–Trinajstić information content (AvgIpc) is 2.63. The summed E-state index contributed by atoms with van der Waals surface area (Å²) in [6.07, 6.45) is -0.982. The lowest BCUT2D eigenvalue weighted by molar-refractivity contribution is -0.143. The molecular formula is C20H20FNO4S. The van der Waals surface area contributed by atoms with E-state index in [-0.39, 0.29) is 23.0 Å². The number of aryl methyl sites for hydroxylation is 1. The average molecular weight is 389 g/mol. The molecule has 1 amide bonds. The number of Topliss-reactive ketones (excluding diaryl/α,β-unsaturated/α-hetero) is 1. The topological polar surface area (TPSA) is 72.5 Å². The number of thioether (sulfide) groups is 1. The lowest BCUT2D eigenvalue weighted by atomic mass is 10.1. The second-order valence-electron chi connectivity index (χ2n) is 5.91. The minimum Gasteiger partial charge on any atom is -0.454 e. The van der Waals surface area contributed by atoms with Crippen molar-refractivity contribution in [1.82, 2.24) is 0 Å². The van der Waals surface area contributed by atoms with Gasteiger partial charge >= 0.3 is 5.97 Å². The molecule has 2 aromatic rings. The normalized spacial score (nSPS) is 11.5. The molecule has 0 bridgehead atoms. The minimum atomic E-state index is -0.982. The first-order chi connectivity index (χ1) is 12.8. The monoisotopic (exact) mass is 389 g/mol. The summed E-state index contributed by atoms with van der Waals surface area (Å²) in [6.45, 7) is 3.41. The zero-order valence-electron chi connectivity index (χ0n) is 15.0. The van der Waals surface area contributed by atoms with E-state index in [0.29, 0.717) is 5.69 Å². The van der Waals surface area contributed by atoms with Gasteiger partial charge in [-0.15, -0.1) is 11.8 Å². The first kappa shape index (κ1) is 20.6. The molecule has 7 heteroatoms. The number of halogens is 1. The highest BCUT2D eigenvalue weighted by Gasteiger charge is 2.19. The molecule has 0 saturated heterocycles. The van der Waals surface area contributed by atoms with Gasteiger partial charge < -0.3 is 10.1 Å². The van der Waals surface area contributed by atoms with Gasteiger partial charge in [-0.3, -0.25) is 14.4 Å². The van der Waals surface area contributed by atoms with Gasteiger partial charge in [0.2, 0.25) is 11.7 Å². The van der Waals surface area contributed by atoms with Gasteiger partial charge in [-0.25, -0.2) is 4.39 Å². The van der Waals surface area contributed by atoms with Crippen LogP contribution in [-0.2, 0) is 14.3 Å². The lowest BCUT2D eigenvalue weighted by Crippen LogP contribution is -2.25. The number of nitrogens with one attached hydrogen (secondary N) is 1. The number of hydrogen-bond donors (Lipinski definition) is 1. The van der Waals surface area contributed by atoms with Crippen LogP contribution in [0.4, 0.5) is 10.1 Å². The van der Waals surface area contributed by atoms with E-state index in [1.807, 2.05) is 19.1 Å². The third-order valence-corrected chi connectivity index (χ3v) is 4.50. The summed E-state index contributed by atoms with van der Waals surface area (Å²) in [5, 5.41) is 2.73. The smallest absolute Gasteiger partial charge is 0.316 e. The van der Waals surface area contributed by atoms with Crippen molar-refractivity contribution in [3.05, 3.63) is 65.5 Å². The molecular weight excluding hydrogens is 369 g/mol. The molecule has 0 radical (unpaired) electrons. The van der Waals surface area contributed by atoms with Crippen LogP contribution in [0.25, 0.3) is 0 Å². The zero-order chi connectivity index (χ0) is 19.8. The van der Waals surface area contributed by atoms with Gasteiger partial charge in [0.05, 0.1) is 11.5 Å². The summed E-state index contributed by atoms with van der Waals surface area (Å²) in [7, 11) is 0. The standard InChI is InChI=1S/C20H20FNO4S/c1-13-3-9-17(10-4-13)22-18(23)11-27-12-19(24)26-14(2)20(25)15-5-7-16(21)8-6-15/h3-10,14H,11-12H2,1-2H3,(H,22,23)/t14-/m0/s1. The number of ketones is 1. The van der Waals surface area contributed by atoms with Crippen molar-refractivity contribution >= 4 is 35.1 Å². The van der Waals surface area contributed by atoms with Crippen molar-refractivity contribution in [1.29, 1.82) is 0 Å². The highest BCUT2D eigenvalue weighted by atomic mass is 32.2. The second-order valence-corrected chi connectivity index (χ2v) is 6.90. The number of benzene rings is 2. The van der Waals surface area contributed by atoms with E-state index in [1.165, 1.54) is 31.2 Å². The Morgan fingerprint density at radius 3 is 2.30 bits per heavy atom. The molecule has 5 nitrogen and oxygen atoms in total. The SMILES string of the molecule is Cc1ccc(NC(=O)CSCC(=O)O[C@@H](C)C(=O)c2ccc(F)cc2)cc1. The maximum atomic E-state index is 12.9. The minimum absolute atomic E-state index is 0.0532. The number of anilines is 1. The lowest BCUT2D eigenvalue weighted by Gasteiger charge is -2.12. The maximum Gasteiger partial charge on any atom is 0.316 e. The van der Waals surface area contributed by atoms with E-state index >= 15 is 0 Å². The Bertz CT molecular complexity index is 806. The van der Waals surface area contributed by atoms with E-state index in [1.54, 1.807) is 12.1 Å². The van der Waals surface area contributed by atoms with Gasteiger partial charge in [0, 0.05) is 11.3 Å². The number of amides is 1. The van der Waals surface area contributed by atoms with Crippen LogP contribution in [0.3, 0.4) is 0 Å². The molecule has 27 heavy (non-hydrogen) atoms. The molecule has 0 heterocycles. The molecule has 0 unspecified atom stereocenters. The van der Waals surface area contributed by atoms with Crippen LogP contribution >= 0.6 is 11.8 Å². The number of ether oxygens (including phenoxy) is 1. The fraction of sp³-hybridized carbons (Fsp3) is 0.250.